The quantitative estimate of drug-likeness (QED) is 0.628. The second kappa shape index (κ2) is 5.94. The van der Waals surface area contributed by atoms with Gasteiger partial charge in [0.25, 0.3) is 0 Å². The van der Waals surface area contributed by atoms with Gasteiger partial charge in [-0.25, -0.2) is 9.59 Å². The molecule has 0 aromatic heterocycles. The number of hydrogen-bond donors (Lipinski definition) is 1. The molecule has 1 spiro atoms. The highest BCUT2D eigenvalue weighted by atomic mass is 16.5. The fraction of sp³-hybridized carbons (Fsp3) is 0.765. The molecule has 1 amide bonds. The van der Waals surface area contributed by atoms with Crippen LogP contribution in [0.3, 0.4) is 0 Å². The lowest BCUT2D eigenvalue weighted by Crippen LogP contribution is -2.55. The van der Waals surface area contributed by atoms with Crippen LogP contribution >= 0.6 is 0 Å². The molecule has 5 nitrogen and oxygen atoms in total. The Morgan fingerprint density at radius 1 is 1.36 bits per heavy atom. The third-order valence-corrected chi connectivity index (χ3v) is 5.02. The number of likely N-dealkylation sites (tertiary alicyclic amines) is 1. The molecule has 124 valence electrons. The number of rotatable bonds is 2. The summed E-state index contributed by atoms with van der Waals surface area (Å²) in [5.41, 5.74) is 1.36. The van der Waals surface area contributed by atoms with E-state index >= 15 is 0 Å². The zero-order chi connectivity index (χ0) is 16.5. The van der Waals surface area contributed by atoms with Gasteiger partial charge < -0.3 is 14.7 Å². The van der Waals surface area contributed by atoms with Gasteiger partial charge in [0.05, 0.1) is 6.61 Å². The van der Waals surface area contributed by atoms with Crippen molar-refractivity contribution in [1.29, 1.82) is 0 Å². The topological polar surface area (TPSA) is 66.8 Å². The van der Waals surface area contributed by atoms with Crippen molar-refractivity contribution in [2.75, 3.05) is 19.7 Å². The lowest BCUT2D eigenvalue weighted by molar-refractivity contribution is -0.137. The molecule has 1 heterocycles. The first-order valence-electron chi connectivity index (χ1n) is 8.05. The van der Waals surface area contributed by atoms with E-state index in [1.54, 1.807) is 6.08 Å². The van der Waals surface area contributed by atoms with Crippen LogP contribution in [0.25, 0.3) is 0 Å². The number of carbonyl (C=O) groups is 2. The van der Waals surface area contributed by atoms with E-state index in [2.05, 4.69) is 20.8 Å². The van der Waals surface area contributed by atoms with E-state index in [1.165, 1.54) is 4.90 Å². The first-order valence-corrected chi connectivity index (χ1v) is 8.05. The molecule has 2 fully saturated rings. The summed E-state index contributed by atoms with van der Waals surface area (Å²) in [6, 6.07) is 0. The molecule has 1 atom stereocenters. The van der Waals surface area contributed by atoms with Crippen LogP contribution in [0.4, 0.5) is 4.79 Å². The van der Waals surface area contributed by atoms with E-state index in [1.807, 2.05) is 6.92 Å². The number of hydrogen-bond acceptors (Lipinski definition) is 3. The maximum absolute atomic E-state index is 11.7. The Labute approximate surface area is 132 Å². The van der Waals surface area contributed by atoms with Crippen LogP contribution in [0.15, 0.2) is 11.6 Å². The number of allylic oxidation sites excluding steroid dienone is 1. The minimum absolute atomic E-state index is 0.0575. The average Bonchev–Trinajstić information content (AvgIpc) is 2.36. The first-order chi connectivity index (χ1) is 10.2. The molecule has 1 aliphatic heterocycles. The van der Waals surface area contributed by atoms with Crippen molar-refractivity contribution in [1.82, 2.24) is 4.90 Å². The van der Waals surface area contributed by atoms with Gasteiger partial charge in [0.2, 0.25) is 0 Å². The summed E-state index contributed by atoms with van der Waals surface area (Å²) >= 11 is 0. The lowest BCUT2D eigenvalue weighted by Gasteiger charge is -2.60. The largest absolute Gasteiger partial charge is 0.465 e. The Morgan fingerprint density at radius 2 is 1.95 bits per heavy atom. The highest BCUT2D eigenvalue weighted by Gasteiger charge is 2.55. The normalized spacial score (nSPS) is 25.9. The van der Waals surface area contributed by atoms with Gasteiger partial charge in [-0.2, -0.15) is 0 Å². The third kappa shape index (κ3) is 3.13. The standard InChI is InChI=1S/C17H27NO4/c1-5-22-13(19)10-12-11-17(14(12)16(2,3)4)6-8-18(9-7-17)15(20)21/h10,14H,5-9,11H2,1-4H3,(H,20,21). The summed E-state index contributed by atoms with van der Waals surface area (Å²) in [7, 11) is 0. The SMILES string of the molecule is CCOC(=O)C=C1CC2(CCN(C(=O)O)CC2)C1C(C)(C)C. The number of carboxylic acid groups (broad SMARTS) is 1. The summed E-state index contributed by atoms with van der Waals surface area (Å²) in [6.45, 7) is 9.97. The van der Waals surface area contributed by atoms with Crippen molar-refractivity contribution in [3.8, 4) is 0 Å². The number of carbonyl (C=O) groups excluding carboxylic acids is 1. The van der Waals surface area contributed by atoms with Crippen molar-refractivity contribution < 1.29 is 19.4 Å². The molecule has 22 heavy (non-hydrogen) atoms. The second-order valence-electron chi connectivity index (χ2n) is 7.58. The number of ether oxygens (including phenoxy) is 1. The van der Waals surface area contributed by atoms with Crippen molar-refractivity contribution in [3.63, 3.8) is 0 Å². The number of piperidine rings is 1. The molecule has 2 aliphatic rings. The van der Waals surface area contributed by atoms with Crippen molar-refractivity contribution in [2.45, 2.75) is 47.0 Å². The van der Waals surface area contributed by atoms with Gasteiger partial charge in [-0.15, -0.1) is 0 Å². The van der Waals surface area contributed by atoms with Gasteiger partial charge in [0.1, 0.15) is 0 Å². The predicted octanol–water partition coefficient (Wildman–Crippen LogP) is 3.30. The smallest absolute Gasteiger partial charge is 0.407 e. The van der Waals surface area contributed by atoms with Gasteiger partial charge >= 0.3 is 12.1 Å². The van der Waals surface area contributed by atoms with Crippen molar-refractivity contribution in [2.24, 2.45) is 16.7 Å². The van der Waals surface area contributed by atoms with Gasteiger partial charge in [-0.3, -0.25) is 0 Å². The van der Waals surface area contributed by atoms with Crippen LogP contribution in [0.1, 0.15) is 47.0 Å². The molecule has 0 aromatic carbocycles. The Kier molecular flexibility index (Phi) is 4.54. The highest BCUT2D eigenvalue weighted by Crippen LogP contribution is 2.62. The Bertz CT molecular complexity index is 481. The minimum Gasteiger partial charge on any atom is -0.465 e. The zero-order valence-corrected chi connectivity index (χ0v) is 14.0. The molecule has 1 aliphatic carbocycles. The average molecular weight is 309 g/mol. The zero-order valence-electron chi connectivity index (χ0n) is 14.0. The molecule has 5 heteroatoms. The van der Waals surface area contributed by atoms with Crippen LogP contribution < -0.4 is 0 Å². The van der Waals surface area contributed by atoms with Gasteiger partial charge in [-0.1, -0.05) is 26.3 Å². The molecule has 1 saturated carbocycles. The van der Waals surface area contributed by atoms with Crippen LogP contribution in [-0.4, -0.2) is 41.8 Å². The fourth-order valence-electron chi connectivity index (χ4n) is 4.43. The molecule has 1 saturated heterocycles. The Hall–Kier alpha value is -1.52. The first kappa shape index (κ1) is 16.8. The van der Waals surface area contributed by atoms with Crippen LogP contribution in [0, 0.1) is 16.7 Å². The van der Waals surface area contributed by atoms with Crippen LogP contribution in [-0.2, 0) is 9.53 Å². The fourth-order valence-corrected chi connectivity index (χ4v) is 4.43. The van der Waals surface area contributed by atoms with E-state index in [9.17, 15) is 9.59 Å². The minimum atomic E-state index is -0.830. The molecular weight excluding hydrogens is 282 g/mol. The second-order valence-corrected chi connectivity index (χ2v) is 7.58. The van der Waals surface area contributed by atoms with Crippen LogP contribution in [0.5, 0.6) is 0 Å². The number of nitrogens with zero attached hydrogens (tertiary/aromatic N) is 1. The highest BCUT2D eigenvalue weighted by molar-refractivity contribution is 5.83. The molecule has 1 unspecified atom stereocenters. The molecule has 0 bridgehead atoms. The van der Waals surface area contributed by atoms with E-state index in [-0.39, 0.29) is 16.8 Å². The van der Waals surface area contributed by atoms with E-state index < -0.39 is 6.09 Å². The summed E-state index contributed by atoms with van der Waals surface area (Å²) < 4.78 is 5.03. The molecule has 0 aromatic rings. The number of amides is 1. The van der Waals surface area contributed by atoms with Gasteiger partial charge in [-0.05, 0) is 42.9 Å². The summed E-state index contributed by atoms with van der Waals surface area (Å²) in [5.74, 6) is 0.0601. The molecule has 1 N–H and O–H groups in total. The molecule has 2 rings (SSSR count). The summed E-state index contributed by atoms with van der Waals surface area (Å²) in [6.07, 6.45) is 3.47. The predicted molar refractivity (Wildman–Crippen MR) is 83.5 cm³/mol. The summed E-state index contributed by atoms with van der Waals surface area (Å²) in [4.78, 5) is 24.3. The Morgan fingerprint density at radius 3 is 2.41 bits per heavy atom. The van der Waals surface area contributed by atoms with Crippen LogP contribution in [0.2, 0.25) is 0 Å². The Balaban J connectivity index is 2.15. The molecular formula is C17H27NO4. The maximum Gasteiger partial charge on any atom is 0.407 e. The van der Waals surface area contributed by atoms with Gasteiger partial charge in [0.15, 0.2) is 0 Å². The van der Waals surface area contributed by atoms with Crippen molar-refractivity contribution >= 4 is 12.1 Å². The number of esters is 1. The van der Waals surface area contributed by atoms with E-state index in [0.29, 0.717) is 25.6 Å². The van der Waals surface area contributed by atoms with E-state index in [4.69, 9.17) is 9.84 Å². The molecule has 0 radical (unpaired) electrons. The van der Waals surface area contributed by atoms with Gasteiger partial charge in [0, 0.05) is 19.2 Å². The maximum atomic E-state index is 11.7. The lowest BCUT2D eigenvalue weighted by atomic mass is 9.46. The monoisotopic (exact) mass is 309 g/mol. The third-order valence-electron chi connectivity index (χ3n) is 5.02. The summed E-state index contributed by atoms with van der Waals surface area (Å²) in [5, 5.41) is 9.11. The van der Waals surface area contributed by atoms with E-state index in [0.717, 1.165) is 24.8 Å². The van der Waals surface area contributed by atoms with Crippen molar-refractivity contribution in [3.05, 3.63) is 11.6 Å².